The van der Waals surface area contributed by atoms with E-state index in [0.29, 0.717) is 5.41 Å². The fourth-order valence-electron chi connectivity index (χ4n) is 5.11. The van der Waals surface area contributed by atoms with Crippen LogP contribution in [0.1, 0.15) is 44.9 Å². The lowest BCUT2D eigenvalue weighted by molar-refractivity contribution is -0.100. The normalized spacial score (nSPS) is 45.4. The van der Waals surface area contributed by atoms with Gasteiger partial charge in [0.2, 0.25) is 0 Å². The van der Waals surface area contributed by atoms with E-state index in [2.05, 4.69) is 22.0 Å². The number of nitrogens with zero attached hydrogens (tertiary/aromatic N) is 1. The van der Waals surface area contributed by atoms with Gasteiger partial charge in [0.1, 0.15) is 0 Å². The molecule has 4 aliphatic rings. The lowest BCUT2D eigenvalue weighted by Crippen LogP contribution is -2.56. The molecule has 0 amide bonds. The lowest BCUT2D eigenvalue weighted by Gasteiger charge is -2.50. The molecule has 3 atom stereocenters. The summed E-state index contributed by atoms with van der Waals surface area (Å²) in [5.74, 6) is 2.55. The molecule has 4 rings (SSSR count). The van der Waals surface area contributed by atoms with Crippen molar-refractivity contribution >= 4 is 11.8 Å². The van der Waals surface area contributed by atoms with Crippen LogP contribution in [0.5, 0.6) is 0 Å². The molecule has 3 unspecified atom stereocenters. The zero-order valence-corrected chi connectivity index (χ0v) is 14.1. The molecule has 0 radical (unpaired) electrons. The Morgan fingerprint density at radius 2 is 2.14 bits per heavy atom. The highest BCUT2D eigenvalue weighted by molar-refractivity contribution is 7.99. The number of nitrogens with one attached hydrogen (secondary N) is 1. The number of rotatable bonds is 1. The summed E-state index contributed by atoms with van der Waals surface area (Å²) in [5, 5.41) is 3.66. The fourth-order valence-corrected chi connectivity index (χ4v) is 6.49. The van der Waals surface area contributed by atoms with Crippen LogP contribution in [-0.4, -0.2) is 60.8 Å². The third kappa shape index (κ3) is 3.01. The van der Waals surface area contributed by atoms with Crippen molar-refractivity contribution in [1.82, 2.24) is 10.2 Å². The molecule has 120 valence electrons. The summed E-state index contributed by atoms with van der Waals surface area (Å²) in [6.45, 7) is 6.16. The smallest absolute Gasteiger partial charge is 0.0795 e. The average molecular weight is 311 g/mol. The fraction of sp³-hybridized carbons (Fsp3) is 1.00. The van der Waals surface area contributed by atoms with Gasteiger partial charge in [-0.15, -0.1) is 0 Å². The molecule has 3 nitrogen and oxygen atoms in total. The van der Waals surface area contributed by atoms with Crippen molar-refractivity contribution in [2.24, 2.45) is 5.41 Å². The van der Waals surface area contributed by atoms with Gasteiger partial charge in [0, 0.05) is 31.5 Å². The molecule has 0 aromatic rings. The van der Waals surface area contributed by atoms with E-state index in [1.54, 1.807) is 0 Å². The molecular weight excluding hydrogens is 280 g/mol. The number of hydrogen-bond donors (Lipinski definition) is 1. The minimum Gasteiger partial charge on any atom is -0.374 e. The summed E-state index contributed by atoms with van der Waals surface area (Å²) in [5.41, 5.74) is 0.829. The van der Waals surface area contributed by atoms with Gasteiger partial charge in [0.25, 0.3) is 0 Å². The first kappa shape index (κ1) is 14.8. The van der Waals surface area contributed by atoms with Gasteiger partial charge in [-0.25, -0.2) is 0 Å². The Morgan fingerprint density at radius 3 is 2.95 bits per heavy atom. The van der Waals surface area contributed by atoms with Gasteiger partial charge >= 0.3 is 0 Å². The molecular formula is C17H30N2OS. The molecule has 21 heavy (non-hydrogen) atoms. The Labute approximate surface area is 133 Å². The molecule has 4 aliphatic heterocycles. The predicted octanol–water partition coefficient (Wildman–Crippen LogP) is 2.51. The van der Waals surface area contributed by atoms with Crippen molar-refractivity contribution in [3.8, 4) is 0 Å². The van der Waals surface area contributed by atoms with Crippen molar-refractivity contribution in [2.75, 3.05) is 44.3 Å². The van der Waals surface area contributed by atoms with Crippen LogP contribution in [0.15, 0.2) is 0 Å². The minimum atomic E-state index is 0.239. The van der Waals surface area contributed by atoms with Crippen LogP contribution in [0.3, 0.4) is 0 Å². The number of ether oxygens (including phenoxy) is 1. The molecule has 4 heteroatoms. The van der Waals surface area contributed by atoms with Crippen LogP contribution < -0.4 is 5.32 Å². The Morgan fingerprint density at radius 1 is 1.19 bits per heavy atom. The Kier molecular flexibility index (Phi) is 4.25. The van der Waals surface area contributed by atoms with Crippen molar-refractivity contribution in [3.63, 3.8) is 0 Å². The largest absolute Gasteiger partial charge is 0.374 e. The van der Waals surface area contributed by atoms with E-state index in [1.807, 2.05) is 0 Å². The van der Waals surface area contributed by atoms with Crippen molar-refractivity contribution in [1.29, 1.82) is 0 Å². The van der Waals surface area contributed by atoms with Crippen LogP contribution in [0, 0.1) is 5.41 Å². The number of piperidine rings is 2. The summed E-state index contributed by atoms with van der Waals surface area (Å²) in [4.78, 5) is 2.85. The highest BCUT2D eigenvalue weighted by Gasteiger charge is 2.44. The molecule has 0 aromatic heterocycles. The second-order valence-electron chi connectivity index (χ2n) is 7.84. The van der Waals surface area contributed by atoms with Crippen molar-refractivity contribution in [2.45, 2.75) is 56.6 Å². The minimum absolute atomic E-state index is 0.239. The van der Waals surface area contributed by atoms with E-state index in [0.717, 1.165) is 12.6 Å². The number of likely N-dealkylation sites (tertiary alicyclic amines) is 1. The van der Waals surface area contributed by atoms with Gasteiger partial charge < -0.3 is 10.1 Å². The topological polar surface area (TPSA) is 24.5 Å². The van der Waals surface area contributed by atoms with E-state index < -0.39 is 0 Å². The van der Waals surface area contributed by atoms with Crippen LogP contribution in [0.4, 0.5) is 0 Å². The first-order valence-corrected chi connectivity index (χ1v) is 10.1. The highest BCUT2D eigenvalue weighted by atomic mass is 32.2. The summed E-state index contributed by atoms with van der Waals surface area (Å²) in [7, 11) is 0. The van der Waals surface area contributed by atoms with Gasteiger partial charge in [-0.2, -0.15) is 11.8 Å². The summed E-state index contributed by atoms with van der Waals surface area (Å²) in [6, 6.07) is 0.788. The predicted molar refractivity (Wildman–Crippen MR) is 89.0 cm³/mol. The van der Waals surface area contributed by atoms with Gasteiger partial charge in [0.15, 0.2) is 0 Å². The van der Waals surface area contributed by atoms with Crippen molar-refractivity contribution < 1.29 is 4.74 Å². The second kappa shape index (κ2) is 6.03. The molecule has 4 saturated heterocycles. The third-order valence-electron chi connectivity index (χ3n) is 6.30. The first-order chi connectivity index (χ1) is 10.3. The van der Waals surface area contributed by atoms with Crippen LogP contribution in [-0.2, 0) is 4.74 Å². The maximum Gasteiger partial charge on any atom is 0.0795 e. The summed E-state index contributed by atoms with van der Waals surface area (Å²) < 4.78 is 6.22. The Bertz CT molecular complexity index is 358. The summed E-state index contributed by atoms with van der Waals surface area (Å²) in [6.07, 6.45) is 9.51. The Hall–Kier alpha value is 0.230. The number of thioether (sulfide) groups is 1. The van der Waals surface area contributed by atoms with E-state index in [9.17, 15) is 0 Å². The zero-order chi connectivity index (χ0) is 14.2. The first-order valence-electron chi connectivity index (χ1n) is 8.96. The Balaban J connectivity index is 1.43. The molecule has 4 fully saturated rings. The van der Waals surface area contributed by atoms with E-state index in [1.165, 1.54) is 82.6 Å². The lowest BCUT2D eigenvalue weighted by atomic mass is 9.73. The molecule has 1 N–H and O–H groups in total. The van der Waals surface area contributed by atoms with Crippen LogP contribution in [0.25, 0.3) is 0 Å². The molecule has 0 bridgehead atoms. The second-order valence-corrected chi connectivity index (χ2v) is 8.94. The standard InChI is InChI=1S/C17H30N2OS/c1-4-16(12-18-7-1)5-2-8-19(13-16)15-3-9-20-17(11-15)6-10-21-14-17/h15,18H,1-14H2. The molecule has 2 spiro atoms. The van der Waals surface area contributed by atoms with Gasteiger partial charge in [-0.1, -0.05) is 0 Å². The van der Waals surface area contributed by atoms with E-state index in [-0.39, 0.29) is 5.60 Å². The SMILES string of the molecule is C1CNCC2(C1)CCCN(C1CCOC3(CCSC3)C1)C2. The van der Waals surface area contributed by atoms with E-state index >= 15 is 0 Å². The zero-order valence-electron chi connectivity index (χ0n) is 13.2. The van der Waals surface area contributed by atoms with Crippen LogP contribution >= 0.6 is 11.8 Å². The maximum atomic E-state index is 6.22. The van der Waals surface area contributed by atoms with E-state index in [4.69, 9.17) is 4.74 Å². The quantitative estimate of drug-likeness (QED) is 0.804. The highest BCUT2D eigenvalue weighted by Crippen LogP contribution is 2.42. The van der Waals surface area contributed by atoms with Gasteiger partial charge in [-0.05, 0) is 69.2 Å². The molecule has 0 aliphatic carbocycles. The van der Waals surface area contributed by atoms with Crippen LogP contribution in [0.2, 0.25) is 0 Å². The molecule has 0 aromatic carbocycles. The average Bonchev–Trinajstić information content (AvgIpc) is 2.96. The molecule has 4 heterocycles. The third-order valence-corrected chi connectivity index (χ3v) is 7.53. The molecule has 0 saturated carbocycles. The number of hydrogen-bond acceptors (Lipinski definition) is 4. The van der Waals surface area contributed by atoms with Gasteiger partial charge in [-0.3, -0.25) is 4.90 Å². The monoisotopic (exact) mass is 310 g/mol. The van der Waals surface area contributed by atoms with Gasteiger partial charge in [0.05, 0.1) is 5.60 Å². The maximum absolute atomic E-state index is 6.22. The summed E-state index contributed by atoms with van der Waals surface area (Å²) >= 11 is 2.10. The van der Waals surface area contributed by atoms with Crippen molar-refractivity contribution in [3.05, 3.63) is 0 Å².